The smallest absolute Gasteiger partial charge is 0.0541 e. The first-order valence-electron chi connectivity index (χ1n) is 17.9. The fourth-order valence-corrected chi connectivity index (χ4v) is 7.08. The van der Waals surface area contributed by atoms with Crippen LogP contribution in [0, 0.1) is 0 Å². The normalized spacial score (nSPS) is 11.0. The zero-order valence-corrected chi connectivity index (χ0v) is 29.1. The Labute approximate surface area is 300 Å². The molecule has 0 aliphatic rings. The molecule has 0 aliphatic heterocycles. The number of aromatic nitrogens is 1. The van der Waals surface area contributed by atoms with Gasteiger partial charge >= 0.3 is 0 Å². The van der Waals surface area contributed by atoms with E-state index in [0.29, 0.717) is 0 Å². The van der Waals surface area contributed by atoms with Crippen LogP contribution in [0.3, 0.4) is 0 Å². The molecule has 0 atom stereocenters. The Balaban J connectivity index is 0.00000121. The van der Waals surface area contributed by atoms with E-state index in [4.69, 9.17) is 0 Å². The van der Waals surface area contributed by atoms with Crippen LogP contribution < -0.4 is 4.90 Å². The number of nitrogens with zero attached hydrogens (tertiary/aromatic N) is 2. The van der Waals surface area contributed by atoms with Gasteiger partial charge in [-0.3, -0.25) is 0 Å². The third-order valence-electron chi connectivity index (χ3n) is 9.39. The van der Waals surface area contributed by atoms with Gasteiger partial charge in [0.1, 0.15) is 0 Å². The Hall–Kier alpha value is -6.38. The predicted molar refractivity (Wildman–Crippen MR) is 220 cm³/mol. The number of hydrogen-bond donors (Lipinski definition) is 0. The molecule has 8 aromatic carbocycles. The Morgan fingerprint density at radius 3 is 1.53 bits per heavy atom. The number of para-hydroxylation sites is 2. The van der Waals surface area contributed by atoms with Gasteiger partial charge in [0.15, 0.2) is 0 Å². The Morgan fingerprint density at radius 1 is 0.373 bits per heavy atom. The van der Waals surface area contributed by atoms with Crippen LogP contribution >= 0.6 is 0 Å². The predicted octanol–water partition coefficient (Wildman–Crippen LogP) is 14.2. The lowest BCUT2D eigenvalue weighted by atomic mass is 10.0. The lowest BCUT2D eigenvalue weighted by Gasteiger charge is -2.26. The second kappa shape index (κ2) is 14.2. The van der Waals surface area contributed by atoms with Crippen LogP contribution in [0.1, 0.15) is 20.3 Å². The van der Waals surface area contributed by atoms with Crippen molar-refractivity contribution in [1.82, 2.24) is 4.57 Å². The van der Waals surface area contributed by atoms with Gasteiger partial charge in [0.2, 0.25) is 0 Å². The first-order valence-corrected chi connectivity index (χ1v) is 17.9. The number of benzene rings is 8. The largest absolute Gasteiger partial charge is 0.311 e. The molecular weight excluding hydrogens is 617 g/mol. The van der Waals surface area contributed by atoms with Crippen LogP contribution in [-0.4, -0.2) is 4.57 Å². The lowest BCUT2D eigenvalue weighted by molar-refractivity contribution is 1.09. The van der Waals surface area contributed by atoms with Crippen molar-refractivity contribution in [3.63, 3.8) is 0 Å². The molecular formula is C49H40N2. The quantitative estimate of drug-likeness (QED) is 0.173. The third-order valence-corrected chi connectivity index (χ3v) is 9.39. The molecule has 0 N–H and O–H groups in total. The van der Waals surface area contributed by atoms with E-state index in [-0.39, 0.29) is 0 Å². The summed E-state index contributed by atoms with van der Waals surface area (Å²) < 4.78 is 2.42. The fraction of sp³-hybridized carbons (Fsp3) is 0.0612. The minimum atomic E-state index is 1.12. The molecule has 0 spiro atoms. The number of hydrogen-bond acceptors (Lipinski definition) is 1. The molecule has 246 valence electrons. The van der Waals surface area contributed by atoms with E-state index in [1.807, 2.05) is 0 Å². The molecule has 0 saturated heterocycles. The number of fused-ring (bicyclic) bond motifs is 4. The second-order valence-corrected chi connectivity index (χ2v) is 12.9. The van der Waals surface area contributed by atoms with Crippen LogP contribution in [0.2, 0.25) is 0 Å². The Bertz CT molecular complexity index is 2540. The molecule has 1 heterocycles. The summed E-state index contributed by atoms with van der Waals surface area (Å²) in [5.41, 5.74) is 11.8. The molecule has 0 saturated carbocycles. The van der Waals surface area contributed by atoms with Crippen molar-refractivity contribution in [2.45, 2.75) is 20.3 Å². The summed E-state index contributed by atoms with van der Waals surface area (Å²) in [5, 5.41) is 5.01. The van der Waals surface area contributed by atoms with Gasteiger partial charge in [-0.2, -0.15) is 0 Å². The highest BCUT2D eigenvalue weighted by molar-refractivity contribution is 6.11. The minimum Gasteiger partial charge on any atom is -0.311 e. The highest BCUT2D eigenvalue weighted by atomic mass is 15.1. The van der Waals surface area contributed by atoms with Crippen LogP contribution in [0.25, 0.3) is 60.5 Å². The van der Waals surface area contributed by atoms with Gasteiger partial charge in [0.25, 0.3) is 0 Å². The molecule has 0 bridgehead atoms. The van der Waals surface area contributed by atoms with Gasteiger partial charge in [-0.05, 0) is 88.3 Å². The van der Waals surface area contributed by atoms with E-state index in [1.165, 1.54) is 66.9 Å². The molecule has 0 amide bonds. The molecule has 51 heavy (non-hydrogen) atoms. The van der Waals surface area contributed by atoms with Crippen molar-refractivity contribution in [3.05, 3.63) is 194 Å². The molecule has 0 aliphatic carbocycles. The molecule has 9 rings (SSSR count). The van der Waals surface area contributed by atoms with E-state index in [2.05, 4.69) is 217 Å². The van der Waals surface area contributed by atoms with Gasteiger partial charge in [-0.25, -0.2) is 0 Å². The van der Waals surface area contributed by atoms with Crippen molar-refractivity contribution >= 4 is 49.6 Å². The monoisotopic (exact) mass is 656 g/mol. The maximum atomic E-state index is 2.42. The third kappa shape index (κ3) is 6.17. The van der Waals surface area contributed by atoms with E-state index in [1.54, 1.807) is 0 Å². The van der Waals surface area contributed by atoms with Gasteiger partial charge < -0.3 is 9.47 Å². The van der Waals surface area contributed by atoms with Crippen LogP contribution in [0.5, 0.6) is 0 Å². The molecule has 0 unspecified atom stereocenters. The maximum Gasteiger partial charge on any atom is 0.0541 e. The van der Waals surface area contributed by atoms with E-state index in [9.17, 15) is 0 Å². The van der Waals surface area contributed by atoms with Crippen LogP contribution in [0.4, 0.5) is 17.1 Å². The van der Waals surface area contributed by atoms with Crippen molar-refractivity contribution in [2.24, 2.45) is 0 Å². The second-order valence-electron chi connectivity index (χ2n) is 12.9. The van der Waals surface area contributed by atoms with Gasteiger partial charge in [0, 0.05) is 33.2 Å². The van der Waals surface area contributed by atoms with E-state index < -0.39 is 0 Å². The lowest BCUT2D eigenvalue weighted by Crippen LogP contribution is -2.09. The summed E-state index contributed by atoms with van der Waals surface area (Å²) >= 11 is 0. The molecule has 1 aromatic heterocycles. The van der Waals surface area contributed by atoms with Crippen molar-refractivity contribution in [1.29, 1.82) is 0 Å². The molecule has 0 radical (unpaired) electrons. The summed E-state index contributed by atoms with van der Waals surface area (Å²) in [6.07, 6.45) is 1.25. The molecule has 2 heteroatoms. The summed E-state index contributed by atoms with van der Waals surface area (Å²) in [4.78, 5) is 2.32. The SMILES string of the molecule is CCC.c1ccc(-c2ccc(N(c3ccccc3)c3ccc(-c4ccc5c(c4)c4ccccc4n5-c4cccc5ccccc45)cc3)cc2)cc1. The van der Waals surface area contributed by atoms with Crippen molar-refractivity contribution in [3.8, 4) is 27.9 Å². The van der Waals surface area contributed by atoms with Crippen LogP contribution in [-0.2, 0) is 0 Å². The van der Waals surface area contributed by atoms with Crippen molar-refractivity contribution in [2.75, 3.05) is 4.90 Å². The van der Waals surface area contributed by atoms with Crippen LogP contribution in [0.15, 0.2) is 194 Å². The van der Waals surface area contributed by atoms with Gasteiger partial charge in [0.05, 0.1) is 16.7 Å². The molecule has 2 nitrogen and oxygen atoms in total. The average Bonchev–Trinajstić information content (AvgIpc) is 3.53. The van der Waals surface area contributed by atoms with E-state index in [0.717, 1.165) is 17.1 Å². The van der Waals surface area contributed by atoms with Gasteiger partial charge in [-0.1, -0.05) is 154 Å². The highest BCUT2D eigenvalue weighted by Gasteiger charge is 2.16. The average molecular weight is 657 g/mol. The number of anilines is 3. The topological polar surface area (TPSA) is 8.17 Å². The standard InChI is InChI=1S/C46H32N2.C3H8/c1-3-12-33(13-4-1)34-22-27-39(28-23-34)47(38-16-5-2-6-17-38)40-29-24-35(25-30-40)37-26-31-46-43(32-37)42-19-9-10-20-45(42)48(46)44-21-11-15-36-14-7-8-18-41(36)44;1-3-2/h1-32H;3H2,1-2H3. The first kappa shape index (κ1) is 31.9. The van der Waals surface area contributed by atoms with Gasteiger partial charge in [-0.15, -0.1) is 0 Å². The minimum absolute atomic E-state index is 1.12. The maximum absolute atomic E-state index is 2.42. The zero-order valence-electron chi connectivity index (χ0n) is 29.1. The Kier molecular flexibility index (Phi) is 8.89. The zero-order chi connectivity index (χ0) is 34.6. The summed E-state index contributed by atoms with van der Waals surface area (Å²) in [6.45, 7) is 4.25. The highest BCUT2D eigenvalue weighted by Crippen LogP contribution is 2.39. The summed E-state index contributed by atoms with van der Waals surface area (Å²) in [7, 11) is 0. The summed E-state index contributed by atoms with van der Waals surface area (Å²) in [6, 6.07) is 69.8. The number of rotatable bonds is 6. The van der Waals surface area contributed by atoms with E-state index >= 15 is 0 Å². The first-order chi connectivity index (χ1) is 25.2. The summed E-state index contributed by atoms with van der Waals surface area (Å²) in [5.74, 6) is 0. The molecule has 9 aromatic rings. The fourth-order valence-electron chi connectivity index (χ4n) is 7.08. The molecule has 0 fully saturated rings. The Morgan fingerprint density at radius 2 is 0.843 bits per heavy atom. The van der Waals surface area contributed by atoms with Crippen molar-refractivity contribution < 1.29 is 0 Å².